The normalized spacial score (nSPS) is 18.3. The maximum atomic E-state index is 14.1. The van der Waals surface area contributed by atoms with E-state index in [4.69, 9.17) is 0 Å². The monoisotopic (exact) mass is 461 g/mol. The number of rotatable bonds is 4. The molecule has 2 atom stereocenters. The number of nitrogens with zero attached hydrogens (tertiary/aromatic N) is 3. The zero-order valence-corrected chi connectivity index (χ0v) is 18.8. The molecule has 176 valence electrons. The second kappa shape index (κ2) is 9.13. The highest BCUT2D eigenvalue weighted by molar-refractivity contribution is 5.95. The van der Waals surface area contributed by atoms with Gasteiger partial charge in [0.15, 0.2) is 5.82 Å². The molecule has 4 rings (SSSR count). The van der Waals surface area contributed by atoms with Gasteiger partial charge < -0.3 is 15.5 Å². The van der Waals surface area contributed by atoms with Crippen molar-refractivity contribution in [1.82, 2.24) is 15.5 Å². The molecule has 5 nitrogen and oxygen atoms in total. The Morgan fingerprint density at radius 3 is 2.67 bits per heavy atom. The Morgan fingerprint density at radius 2 is 1.91 bits per heavy atom. The highest BCUT2D eigenvalue weighted by Gasteiger charge is 2.33. The zero-order valence-electron chi connectivity index (χ0n) is 18.8. The molecule has 0 amide bonds. The Bertz CT molecular complexity index is 1150. The number of anilines is 2. The Labute approximate surface area is 190 Å². The van der Waals surface area contributed by atoms with Crippen molar-refractivity contribution in [3.63, 3.8) is 0 Å². The molecule has 0 spiro atoms. The predicted molar refractivity (Wildman–Crippen MR) is 122 cm³/mol. The second-order valence-corrected chi connectivity index (χ2v) is 8.49. The van der Waals surface area contributed by atoms with E-state index in [2.05, 4.69) is 20.8 Å². The van der Waals surface area contributed by atoms with E-state index in [1.807, 2.05) is 30.0 Å². The van der Waals surface area contributed by atoms with E-state index in [0.29, 0.717) is 37.6 Å². The van der Waals surface area contributed by atoms with Gasteiger partial charge in [0.2, 0.25) is 0 Å². The predicted octanol–water partition coefficient (Wildman–Crippen LogP) is 5.19. The fraction of sp³-hybridized carbons (Fsp3) is 0.417. The van der Waals surface area contributed by atoms with Gasteiger partial charge in [-0.05, 0) is 50.1 Å². The van der Waals surface area contributed by atoms with Crippen molar-refractivity contribution in [2.24, 2.45) is 0 Å². The summed E-state index contributed by atoms with van der Waals surface area (Å²) in [6.45, 7) is 7.11. The summed E-state index contributed by atoms with van der Waals surface area (Å²) in [5, 5.41) is 16.6. The number of hydrogen-bond donors (Lipinski definition) is 2. The average molecular weight is 462 g/mol. The molecule has 1 saturated heterocycles. The molecular weight excluding hydrogens is 434 g/mol. The number of halogens is 4. The van der Waals surface area contributed by atoms with Crippen molar-refractivity contribution in [1.29, 1.82) is 0 Å². The number of alkyl halides is 4. The van der Waals surface area contributed by atoms with Crippen molar-refractivity contribution in [2.45, 2.75) is 39.2 Å². The zero-order chi connectivity index (χ0) is 23.8. The maximum absolute atomic E-state index is 14.1. The average Bonchev–Trinajstić information content (AvgIpc) is 2.99. The van der Waals surface area contributed by atoms with Crippen LogP contribution < -0.4 is 15.5 Å². The summed E-state index contributed by atoms with van der Waals surface area (Å²) < 4.78 is 54.2. The van der Waals surface area contributed by atoms with Gasteiger partial charge in [0.1, 0.15) is 6.17 Å². The third-order valence-electron chi connectivity index (χ3n) is 6.16. The van der Waals surface area contributed by atoms with Crippen LogP contribution in [0.3, 0.4) is 0 Å². The van der Waals surface area contributed by atoms with Crippen LogP contribution in [0.5, 0.6) is 0 Å². The first-order chi connectivity index (χ1) is 15.6. The third kappa shape index (κ3) is 4.88. The highest BCUT2D eigenvalue weighted by Crippen LogP contribution is 2.36. The molecule has 1 aliphatic heterocycles. The molecule has 0 bridgehead atoms. The molecule has 0 unspecified atom stereocenters. The third-order valence-corrected chi connectivity index (χ3v) is 6.16. The summed E-state index contributed by atoms with van der Waals surface area (Å²) in [7, 11) is 0. The van der Waals surface area contributed by atoms with Crippen LogP contribution in [0.2, 0.25) is 0 Å². The van der Waals surface area contributed by atoms with Crippen LogP contribution in [0.4, 0.5) is 29.1 Å². The first kappa shape index (κ1) is 23.2. The van der Waals surface area contributed by atoms with Crippen LogP contribution in [-0.4, -0.2) is 42.5 Å². The van der Waals surface area contributed by atoms with Gasteiger partial charge >= 0.3 is 6.18 Å². The molecule has 0 aliphatic carbocycles. The highest BCUT2D eigenvalue weighted by atomic mass is 19.4. The van der Waals surface area contributed by atoms with Gasteiger partial charge in [0, 0.05) is 36.1 Å². The Morgan fingerprint density at radius 1 is 1.12 bits per heavy atom. The van der Waals surface area contributed by atoms with Crippen LogP contribution in [0.25, 0.3) is 10.8 Å². The topological polar surface area (TPSA) is 53.1 Å². The van der Waals surface area contributed by atoms with E-state index < -0.39 is 24.0 Å². The fourth-order valence-electron chi connectivity index (χ4n) is 4.39. The number of fused-ring (bicyclic) bond motifs is 1. The van der Waals surface area contributed by atoms with Crippen LogP contribution in [-0.2, 0) is 6.18 Å². The minimum atomic E-state index is -4.42. The second-order valence-electron chi connectivity index (χ2n) is 8.49. The lowest BCUT2D eigenvalue weighted by molar-refractivity contribution is -0.138. The molecule has 1 aromatic heterocycles. The van der Waals surface area contributed by atoms with Crippen molar-refractivity contribution in [3.8, 4) is 0 Å². The molecule has 2 N–H and O–H groups in total. The van der Waals surface area contributed by atoms with Crippen LogP contribution in [0.1, 0.15) is 35.3 Å². The Balaban J connectivity index is 1.70. The molecule has 3 aromatic rings. The van der Waals surface area contributed by atoms with Crippen LogP contribution in [0, 0.1) is 13.8 Å². The number of aryl methyl sites for hydroxylation is 1. The minimum Gasteiger partial charge on any atom is -0.367 e. The summed E-state index contributed by atoms with van der Waals surface area (Å²) in [6, 6.07) is 9.58. The first-order valence-electron chi connectivity index (χ1n) is 10.9. The SMILES string of the molecule is Cc1c([C@@H](C)Nc2nnc(C)c3ccc(N4CCNC[C@@H](F)C4)cc23)cccc1C(F)(F)F. The summed E-state index contributed by atoms with van der Waals surface area (Å²) in [5.74, 6) is 0.478. The molecule has 9 heteroatoms. The minimum absolute atomic E-state index is 0.182. The Kier molecular flexibility index (Phi) is 6.43. The lowest BCUT2D eigenvalue weighted by Crippen LogP contribution is -2.30. The van der Waals surface area contributed by atoms with E-state index in [1.165, 1.54) is 13.0 Å². The van der Waals surface area contributed by atoms with Crippen molar-refractivity contribution < 1.29 is 17.6 Å². The fourth-order valence-corrected chi connectivity index (χ4v) is 4.39. The van der Waals surface area contributed by atoms with E-state index in [0.717, 1.165) is 28.2 Å². The maximum Gasteiger partial charge on any atom is 0.416 e. The van der Waals surface area contributed by atoms with Crippen molar-refractivity contribution >= 4 is 22.3 Å². The molecular formula is C24H27F4N5. The Hall–Kier alpha value is -2.94. The standard InChI is InChI=1S/C24H27F4N5/c1-14-19(5-4-6-22(14)24(26,27)28)15(2)30-23-21-11-18(7-8-20(21)16(3)31-32-23)33-10-9-29-12-17(25)13-33/h4-8,11,15,17,29H,9-10,12-13H2,1-3H3,(H,30,32)/t15-,17-/m1/s1. The lowest BCUT2D eigenvalue weighted by Gasteiger charge is -2.24. The van der Waals surface area contributed by atoms with Gasteiger partial charge in [-0.1, -0.05) is 18.2 Å². The molecule has 1 aliphatic rings. The lowest BCUT2D eigenvalue weighted by atomic mass is 9.97. The number of hydrogen-bond acceptors (Lipinski definition) is 5. The largest absolute Gasteiger partial charge is 0.416 e. The van der Waals surface area contributed by atoms with Gasteiger partial charge in [-0.2, -0.15) is 18.3 Å². The smallest absolute Gasteiger partial charge is 0.367 e. The number of aromatic nitrogens is 2. The van der Waals surface area contributed by atoms with Gasteiger partial charge in [-0.15, -0.1) is 5.10 Å². The molecule has 0 radical (unpaired) electrons. The van der Waals surface area contributed by atoms with Crippen LogP contribution in [0.15, 0.2) is 36.4 Å². The molecule has 2 heterocycles. The van der Waals surface area contributed by atoms with Crippen molar-refractivity contribution in [2.75, 3.05) is 36.4 Å². The number of benzene rings is 2. The van der Waals surface area contributed by atoms with E-state index in [9.17, 15) is 17.6 Å². The first-order valence-corrected chi connectivity index (χ1v) is 10.9. The van der Waals surface area contributed by atoms with Gasteiger partial charge in [0.05, 0.1) is 23.8 Å². The summed E-state index contributed by atoms with van der Waals surface area (Å²) in [6.07, 6.45) is -5.39. The van der Waals surface area contributed by atoms with Crippen molar-refractivity contribution in [3.05, 3.63) is 58.8 Å². The van der Waals surface area contributed by atoms with E-state index in [1.54, 1.807) is 13.0 Å². The number of nitrogens with one attached hydrogen (secondary N) is 2. The quantitative estimate of drug-likeness (QED) is 0.524. The van der Waals surface area contributed by atoms with E-state index >= 15 is 0 Å². The summed E-state index contributed by atoms with van der Waals surface area (Å²) in [4.78, 5) is 1.99. The van der Waals surface area contributed by atoms with E-state index in [-0.39, 0.29) is 5.56 Å². The molecule has 1 fully saturated rings. The summed E-state index contributed by atoms with van der Waals surface area (Å²) in [5.41, 5.74) is 1.68. The van der Waals surface area contributed by atoms with Gasteiger partial charge in [0.25, 0.3) is 0 Å². The van der Waals surface area contributed by atoms with Crippen LogP contribution >= 0.6 is 0 Å². The molecule has 0 saturated carbocycles. The molecule has 33 heavy (non-hydrogen) atoms. The van der Waals surface area contributed by atoms with Gasteiger partial charge in [-0.3, -0.25) is 0 Å². The summed E-state index contributed by atoms with van der Waals surface area (Å²) >= 11 is 0. The van der Waals surface area contributed by atoms with Gasteiger partial charge in [-0.25, -0.2) is 4.39 Å². The molecule has 2 aromatic carbocycles.